The Morgan fingerprint density at radius 2 is 1.48 bits per heavy atom. The van der Waals surface area contributed by atoms with Crippen molar-refractivity contribution in [3.05, 3.63) is 53.6 Å². The van der Waals surface area contributed by atoms with Crippen LogP contribution >= 0.6 is 0 Å². The molecule has 5 rings (SSSR count). The second-order valence-electron chi connectivity index (χ2n) is 9.40. The summed E-state index contributed by atoms with van der Waals surface area (Å²) in [7, 11) is -0.363. The van der Waals surface area contributed by atoms with Gasteiger partial charge in [0, 0.05) is 21.9 Å². The topological polar surface area (TPSA) is 34.2 Å². The normalized spacial score (nSPS) is 21.5. The smallest absolute Gasteiger partial charge is 0.399 e. The number of rotatable bonds is 1. The van der Waals surface area contributed by atoms with Crippen LogP contribution in [-0.2, 0) is 14.7 Å². The summed E-state index contributed by atoms with van der Waals surface area (Å²) in [5.41, 5.74) is 6.75. The molecule has 3 aromatic rings. The van der Waals surface area contributed by atoms with Gasteiger partial charge >= 0.3 is 7.12 Å². The molecule has 0 bridgehead atoms. The molecule has 1 N–H and O–H groups in total. The van der Waals surface area contributed by atoms with Crippen LogP contribution in [0.4, 0.5) is 0 Å². The van der Waals surface area contributed by atoms with Gasteiger partial charge in [0.2, 0.25) is 0 Å². The number of hydrogen-bond donors (Lipinski definition) is 1. The number of aromatic amines is 1. The van der Waals surface area contributed by atoms with E-state index in [9.17, 15) is 0 Å². The third-order valence-corrected chi connectivity index (χ3v) is 6.86. The standard InChI is InChI=1S/C23H26BNO2/c1-21(2)15-11-8-7-10-14(15)20-19(21)18-16(12-9-13-17(18)25-20)24-26-22(3,4)23(5,6)27-24/h7-13,25H,1-6H3. The zero-order valence-electron chi connectivity index (χ0n) is 16.9. The molecule has 2 aromatic carbocycles. The van der Waals surface area contributed by atoms with E-state index in [0.717, 1.165) is 11.0 Å². The van der Waals surface area contributed by atoms with Gasteiger partial charge in [-0.15, -0.1) is 0 Å². The minimum absolute atomic E-state index is 0.0656. The molecule has 0 radical (unpaired) electrons. The van der Waals surface area contributed by atoms with Gasteiger partial charge in [-0.1, -0.05) is 50.2 Å². The van der Waals surface area contributed by atoms with E-state index in [0.29, 0.717) is 0 Å². The summed E-state index contributed by atoms with van der Waals surface area (Å²) in [6, 6.07) is 15.1. The summed E-state index contributed by atoms with van der Waals surface area (Å²) in [5.74, 6) is 0. The van der Waals surface area contributed by atoms with Crippen LogP contribution in [-0.4, -0.2) is 23.3 Å². The Morgan fingerprint density at radius 3 is 2.19 bits per heavy atom. The largest absolute Gasteiger partial charge is 0.495 e. The summed E-state index contributed by atoms with van der Waals surface area (Å²) >= 11 is 0. The molecule has 2 heterocycles. The van der Waals surface area contributed by atoms with Crippen molar-refractivity contribution < 1.29 is 9.31 Å². The molecule has 1 saturated heterocycles. The SMILES string of the molecule is CC1(C)c2ccccc2-c2[nH]c3cccc(B4OC(C)(C)C(C)(C)O4)c3c21. The van der Waals surface area contributed by atoms with Crippen molar-refractivity contribution in [2.75, 3.05) is 0 Å². The Labute approximate surface area is 161 Å². The number of H-pyrrole nitrogens is 1. The van der Waals surface area contributed by atoms with E-state index in [4.69, 9.17) is 9.31 Å². The van der Waals surface area contributed by atoms with Gasteiger partial charge in [0.05, 0.1) is 16.9 Å². The van der Waals surface area contributed by atoms with Gasteiger partial charge in [-0.3, -0.25) is 0 Å². The van der Waals surface area contributed by atoms with Crippen LogP contribution in [0.1, 0.15) is 52.7 Å². The minimum atomic E-state index is -0.363. The summed E-state index contributed by atoms with van der Waals surface area (Å²) in [5, 5.41) is 1.24. The van der Waals surface area contributed by atoms with E-state index in [1.807, 2.05) is 0 Å². The zero-order valence-corrected chi connectivity index (χ0v) is 16.9. The highest BCUT2D eigenvalue weighted by molar-refractivity contribution is 6.65. The molecule has 4 heteroatoms. The summed E-state index contributed by atoms with van der Waals surface area (Å²) < 4.78 is 12.8. The van der Waals surface area contributed by atoms with Crippen LogP contribution in [0.3, 0.4) is 0 Å². The Bertz CT molecular complexity index is 1060. The predicted molar refractivity (Wildman–Crippen MR) is 112 cm³/mol. The van der Waals surface area contributed by atoms with Crippen molar-refractivity contribution in [3.63, 3.8) is 0 Å². The molecular formula is C23H26BNO2. The third kappa shape index (κ3) is 2.11. The van der Waals surface area contributed by atoms with Crippen LogP contribution in [0.25, 0.3) is 22.2 Å². The Balaban J connectivity index is 1.76. The summed E-state index contributed by atoms with van der Waals surface area (Å²) in [4.78, 5) is 3.68. The second kappa shape index (κ2) is 5.06. The van der Waals surface area contributed by atoms with Gasteiger partial charge in [-0.2, -0.15) is 0 Å². The lowest BCUT2D eigenvalue weighted by atomic mass is 9.73. The van der Waals surface area contributed by atoms with E-state index in [2.05, 4.69) is 89.0 Å². The van der Waals surface area contributed by atoms with E-state index >= 15 is 0 Å². The highest BCUT2D eigenvalue weighted by Crippen LogP contribution is 2.51. The highest BCUT2D eigenvalue weighted by atomic mass is 16.7. The first kappa shape index (κ1) is 17.1. The van der Waals surface area contributed by atoms with Gasteiger partial charge in [0.1, 0.15) is 0 Å². The lowest BCUT2D eigenvalue weighted by Gasteiger charge is -2.32. The molecular weight excluding hydrogens is 333 g/mol. The molecule has 1 aromatic heterocycles. The molecule has 0 saturated carbocycles. The van der Waals surface area contributed by atoms with Gasteiger partial charge < -0.3 is 14.3 Å². The van der Waals surface area contributed by atoms with Crippen molar-refractivity contribution in [3.8, 4) is 11.3 Å². The monoisotopic (exact) mass is 359 g/mol. The first-order chi connectivity index (χ1) is 12.6. The second-order valence-corrected chi connectivity index (χ2v) is 9.40. The van der Waals surface area contributed by atoms with Crippen LogP contribution in [0.2, 0.25) is 0 Å². The van der Waals surface area contributed by atoms with Gasteiger partial charge in [0.25, 0.3) is 0 Å². The molecule has 0 unspecified atom stereocenters. The lowest BCUT2D eigenvalue weighted by molar-refractivity contribution is 0.00578. The fourth-order valence-electron chi connectivity index (χ4n) is 4.65. The Morgan fingerprint density at radius 1 is 0.815 bits per heavy atom. The Kier molecular flexibility index (Phi) is 3.20. The molecule has 0 spiro atoms. The predicted octanol–water partition coefficient (Wildman–Crippen LogP) is 4.77. The maximum absolute atomic E-state index is 6.40. The molecule has 1 fully saturated rings. The number of aromatic nitrogens is 1. The van der Waals surface area contributed by atoms with Crippen LogP contribution < -0.4 is 5.46 Å². The van der Waals surface area contributed by atoms with Crippen molar-refractivity contribution >= 4 is 23.5 Å². The number of nitrogens with one attached hydrogen (secondary N) is 1. The number of benzene rings is 2. The zero-order chi connectivity index (χ0) is 19.2. The molecule has 1 aliphatic carbocycles. The third-order valence-electron chi connectivity index (χ3n) is 6.86. The first-order valence-corrected chi connectivity index (χ1v) is 9.74. The quantitative estimate of drug-likeness (QED) is 0.635. The average Bonchev–Trinajstić information content (AvgIpc) is 3.16. The molecule has 1 aliphatic heterocycles. The Hall–Kier alpha value is -2.04. The molecule has 0 amide bonds. The molecule has 0 atom stereocenters. The van der Waals surface area contributed by atoms with Gasteiger partial charge in [-0.25, -0.2) is 0 Å². The molecule has 27 heavy (non-hydrogen) atoms. The minimum Gasteiger partial charge on any atom is -0.399 e. The van der Waals surface area contributed by atoms with Gasteiger partial charge in [0.15, 0.2) is 0 Å². The molecule has 3 nitrogen and oxygen atoms in total. The summed E-state index contributed by atoms with van der Waals surface area (Å²) in [6.07, 6.45) is 0. The highest BCUT2D eigenvalue weighted by Gasteiger charge is 2.52. The van der Waals surface area contributed by atoms with Crippen LogP contribution in [0, 0.1) is 0 Å². The van der Waals surface area contributed by atoms with Crippen LogP contribution in [0.5, 0.6) is 0 Å². The maximum Gasteiger partial charge on any atom is 0.495 e. The average molecular weight is 359 g/mol. The van der Waals surface area contributed by atoms with E-state index in [1.165, 1.54) is 27.8 Å². The summed E-state index contributed by atoms with van der Waals surface area (Å²) in [6.45, 7) is 13.0. The van der Waals surface area contributed by atoms with Crippen molar-refractivity contribution in [1.29, 1.82) is 0 Å². The molecule has 138 valence electrons. The van der Waals surface area contributed by atoms with Crippen LogP contribution in [0.15, 0.2) is 42.5 Å². The van der Waals surface area contributed by atoms with Crippen molar-refractivity contribution in [1.82, 2.24) is 4.98 Å². The number of hydrogen-bond acceptors (Lipinski definition) is 2. The fraction of sp³-hybridized carbons (Fsp3) is 0.391. The van der Waals surface area contributed by atoms with Crippen molar-refractivity contribution in [2.24, 2.45) is 0 Å². The van der Waals surface area contributed by atoms with E-state index in [1.54, 1.807) is 0 Å². The van der Waals surface area contributed by atoms with E-state index < -0.39 is 0 Å². The van der Waals surface area contributed by atoms with Gasteiger partial charge in [-0.05, 0) is 50.4 Å². The maximum atomic E-state index is 6.40. The lowest BCUT2D eigenvalue weighted by Crippen LogP contribution is -2.41. The van der Waals surface area contributed by atoms with Crippen molar-refractivity contribution in [2.45, 2.75) is 58.2 Å². The molecule has 2 aliphatic rings. The first-order valence-electron chi connectivity index (χ1n) is 9.74. The fourth-order valence-corrected chi connectivity index (χ4v) is 4.65. The van der Waals surface area contributed by atoms with E-state index in [-0.39, 0.29) is 23.7 Å². The number of fused-ring (bicyclic) bond motifs is 5.